The van der Waals surface area contributed by atoms with Crippen molar-refractivity contribution in [2.45, 2.75) is 12.3 Å². The average Bonchev–Trinajstić information content (AvgIpc) is 3.14. The number of benzene rings is 2. The number of ether oxygens (including phenoxy) is 3. The van der Waals surface area contributed by atoms with Crippen LogP contribution in [0.2, 0.25) is 0 Å². The largest absolute Gasteiger partial charge is 0.493 e. The number of aromatic amines is 1. The van der Waals surface area contributed by atoms with Crippen LogP contribution in [-0.4, -0.2) is 32.2 Å². The SMILES string of the molecule is COc1cc2c(c(OC)c1OC)C(c1cccc3[nH]ccc13)CC(=O)N2. The van der Waals surface area contributed by atoms with Crippen LogP contribution in [0.1, 0.15) is 23.5 Å². The Hall–Kier alpha value is -3.15. The smallest absolute Gasteiger partial charge is 0.225 e. The highest BCUT2D eigenvalue weighted by Gasteiger charge is 2.34. The topological polar surface area (TPSA) is 72.6 Å². The summed E-state index contributed by atoms with van der Waals surface area (Å²) in [5.74, 6) is 1.44. The first-order valence-corrected chi connectivity index (χ1v) is 8.36. The van der Waals surface area contributed by atoms with Gasteiger partial charge < -0.3 is 24.5 Å². The fraction of sp³-hybridized carbons (Fsp3) is 0.250. The van der Waals surface area contributed by atoms with Crippen LogP contribution in [0.25, 0.3) is 10.9 Å². The van der Waals surface area contributed by atoms with Crippen LogP contribution < -0.4 is 19.5 Å². The quantitative estimate of drug-likeness (QED) is 0.751. The maximum absolute atomic E-state index is 12.4. The Morgan fingerprint density at radius 1 is 1.04 bits per heavy atom. The van der Waals surface area contributed by atoms with Crippen LogP contribution in [0, 0.1) is 0 Å². The predicted molar refractivity (Wildman–Crippen MR) is 99.5 cm³/mol. The standard InChI is InChI=1S/C20H20N2O4/c1-24-16-10-15-18(20(26-3)19(16)25-2)13(9-17(23)22-15)11-5-4-6-14-12(11)7-8-21-14/h4-8,10,13,21H,9H2,1-3H3,(H,22,23). The number of H-pyrrole nitrogens is 1. The number of carbonyl (C=O) groups is 1. The van der Waals surface area contributed by atoms with Gasteiger partial charge in [-0.1, -0.05) is 12.1 Å². The number of hydrogen-bond donors (Lipinski definition) is 2. The maximum Gasteiger partial charge on any atom is 0.225 e. The van der Waals surface area contributed by atoms with Crippen LogP contribution in [0.3, 0.4) is 0 Å². The van der Waals surface area contributed by atoms with Gasteiger partial charge in [0, 0.05) is 41.1 Å². The summed E-state index contributed by atoms with van der Waals surface area (Å²) in [6, 6.07) is 9.89. The second-order valence-corrected chi connectivity index (χ2v) is 6.20. The van der Waals surface area contributed by atoms with Gasteiger partial charge in [0.25, 0.3) is 0 Å². The first-order chi connectivity index (χ1) is 12.7. The van der Waals surface area contributed by atoms with E-state index in [2.05, 4.69) is 16.4 Å². The van der Waals surface area contributed by atoms with E-state index in [1.807, 2.05) is 24.4 Å². The third-order valence-corrected chi connectivity index (χ3v) is 4.88. The number of nitrogens with one attached hydrogen (secondary N) is 2. The lowest BCUT2D eigenvalue weighted by Gasteiger charge is -2.29. The summed E-state index contributed by atoms with van der Waals surface area (Å²) >= 11 is 0. The first-order valence-electron chi connectivity index (χ1n) is 8.36. The van der Waals surface area contributed by atoms with Gasteiger partial charge in [-0.3, -0.25) is 4.79 Å². The van der Waals surface area contributed by atoms with Crippen molar-refractivity contribution in [3.05, 3.63) is 47.7 Å². The van der Waals surface area contributed by atoms with Crippen molar-refractivity contribution >= 4 is 22.5 Å². The lowest BCUT2D eigenvalue weighted by atomic mass is 9.82. The number of anilines is 1. The van der Waals surface area contributed by atoms with Crippen LogP contribution in [0.4, 0.5) is 5.69 Å². The molecule has 6 heteroatoms. The molecule has 1 unspecified atom stereocenters. The van der Waals surface area contributed by atoms with E-state index in [0.29, 0.717) is 29.4 Å². The zero-order valence-electron chi connectivity index (χ0n) is 14.9. The lowest BCUT2D eigenvalue weighted by Crippen LogP contribution is -2.24. The highest BCUT2D eigenvalue weighted by molar-refractivity contribution is 5.98. The van der Waals surface area contributed by atoms with Crippen LogP contribution in [0.5, 0.6) is 17.2 Å². The summed E-state index contributed by atoms with van der Waals surface area (Å²) in [6.45, 7) is 0. The van der Waals surface area contributed by atoms with E-state index in [0.717, 1.165) is 22.0 Å². The Balaban J connectivity index is 2.00. The van der Waals surface area contributed by atoms with Gasteiger partial charge in [-0.25, -0.2) is 0 Å². The van der Waals surface area contributed by atoms with Gasteiger partial charge in [-0.05, 0) is 17.7 Å². The van der Waals surface area contributed by atoms with E-state index >= 15 is 0 Å². The molecular weight excluding hydrogens is 332 g/mol. The van der Waals surface area contributed by atoms with Gasteiger partial charge >= 0.3 is 0 Å². The molecule has 0 aliphatic carbocycles. The van der Waals surface area contributed by atoms with E-state index in [9.17, 15) is 4.79 Å². The average molecular weight is 352 g/mol. The van der Waals surface area contributed by atoms with Crippen molar-refractivity contribution in [2.24, 2.45) is 0 Å². The molecule has 0 radical (unpaired) electrons. The number of hydrogen-bond acceptors (Lipinski definition) is 4. The van der Waals surface area contributed by atoms with Crippen molar-refractivity contribution in [3.8, 4) is 17.2 Å². The zero-order valence-corrected chi connectivity index (χ0v) is 14.9. The molecule has 2 aromatic carbocycles. The summed E-state index contributed by atoms with van der Waals surface area (Å²) in [5.41, 5.74) is 3.70. The molecule has 3 aromatic rings. The molecule has 0 spiro atoms. The molecule has 26 heavy (non-hydrogen) atoms. The summed E-state index contributed by atoms with van der Waals surface area (Å²) in [7, 11) is 4.74. The number of amides is 1. The van der Waals surface area contributed by atoms with Crippen molar-refractivity contribution in [1.82, 2.24) is 4.98 Å². The minimum Gasteiger partial charge on any atom is -0.493 e. The summed E-state index contributed by atoms with van der Waals surface area (Å²) in [5, 5.41) is 4.03. The molecule has 2 heterocycles. The van der Waals surface area contributed by atoms with Crippen LogP contribution in [0.15, 0.2) is 36.5 Å². The molecule has 0 saturated heterocycles. The third-order valence-electron chi connectivity index (χ3n) is 4.88. The fourth-order valence-corrected chi connectivity index (χ4v) is 3.80. The second kappa shape index (κ2) is 6.29. The van der Waals surface area contributed by atoms with Crippen molar-refractivity contribution in [2.75, 3.05) is 26.6 Å². The molecule has 1 atom stereocenters. The molecule has 0 fully saturated rings. The Morgan fingerprint density at radius 3 is 2.58 bits per heavy atom. The Labute approximate surface area is 151 Å². The fourth-order valence-electron chi connectivity index (χ4n) is 3.80. The summed E-state index contributed by atoms with van der Waals surface area (Å²) in [6.07, 6.45) is 2.24. The van der Waals surface area contributed by atoms with Crippen molar-refractivity contribution in [1.29, 1.82) is 0 Å². The minimum absolute atomic E-state index is 0.0377. The molecule has 4 rings (SSSR count). The van der Waals surface area contributed by atoms with E-state index in [-0.39, 0.29) is 11.8 Å². The van der Waals surface area contributed by atoms with Crippen LogP contribution in [-0.2, 0) is 4.79 Å². The van der Waals surface area contributed by atoms with Gasteiger partial charge in [0.05, 0.1) is 27.0 Å². The van der Waals surface area contributed by atoms with E-state index < -0.39 is 0 Å². The lowest BCUT2D eigenvalue weighted by molar-refractivity contribution is -0.116. The molecule has 1 aliphatic rings. The molecule has 2 N–H and O–H groups in total. The number of carbonyl (C=O) groups excluding carboxylic acids is 1. The number of methoxy groups -OCH3 is 3. The third kappa shape index (κ3) is 2.37. The molecule has 134 valence electrons. The highest BCUT2D eigenvalue weighted by atomic mass is 16.5. The molecule has 1 aromatic heterocycles. The van der Waals surface area contributed by atoms with Crippen molar-refractivity contribution < 1.29 is 19.0 Å². The Morgan fingerprint density at radius 2 is 1.85 bits per heavy atom. The molecule has 1 amide bonds. The van der Waals surface area contributed by atoms with Gasteiger partial charge in [0.2, 0.25) is 11.7 Å². The Kier molecular flexibility index (Phi) is 3.95. The van der Waals surface area contributed by atoms with Gasteiger partial charge in [0.15, 0.2) is 11.5 Å². The van der Waals surface area contributed by atoms with Gasteiger partial charge in [0.1, 0.15) is 0 Å². The number of aromatic nitrogens is 1. The van der Waals surface area contributed by atoms with E-state index in [4.69, 9.17) is 14.2 Å². The van der Waals surface area contributed by atoms with Crippen molar-refractivity contribution in [3.63, 3.8) is 0 Å². The second-order valence-electron chi connectivity index (χ2n) is 6.20. The zero-order chi connectivity index (χ0) is 18.3. The number of fused-ring (bicyclic) bond motifs is 2. The molecule has 1 aliphatic heterocycles. The minimum atomic E-state index is -0.145. The molecular formula is C20H20N2O4. The monoisotopic (exact) mass is 352 g/mol. The molecule has 6 nitrogen and oxygen atoms in total. The number of rotatable bonds is 4. The molecule has 0 bridgehead atoms. The van der Waals surface area contributed by atoms with Gasteiger partial charge in [-0.15, -0.1) is 0 Å². The predicted octanol–water partition coefficient (Wildman–Crippen LogP) is 3.67. The highest BCUT2D eigenvalue weighted by Crippen LogP contribution is 2.51. The molecule has 0 saturated carbocycles. The van der Waals surface area contributed by atoms with E-state index in [1.54, 1.807) is 27.4 Å². The first kappa shape index (κ1) is 16.3. The maximum atomic E-state index is 12.4. The van der Waals surface area contributed by atoms with Crippen LogP contribution >= 0.6 is 0 Å². The normalized spacial score (nSPS) is 16.1. The van der Waals surface area contributed by atoms with Gasteiger partial charge in [-0.2, -0.15) is 0 Å². The van der Waals surface area contributed by atoms with E-state index in [1.165, 1.54) is 0 Å². The summed E-state index contributed by atoms with van der Waals surface area (Å²) < 4.78 is 16.7. The summed E-state index contributed by atoms with van der Waals surface area (Å²) in [4.78, 5) is 15.6. The Bertz CT molecular complexity index is 993.